The number of nitrogens with zero attached hydrogens (tertiary/aromatic N) is 9. The molecule has 0 radical (unpaired) electrons. The zero-order chi connectivity index (χ0) is 35.9. The Kier molecular flexibility index (Phi) is 9.94. The summed E-state index contributed by atoms with van der Waals surface area (Å²) in [6.45, 7) is 14.6. The van der Waals surface area contributed by atoms with E-state index in [1.54, 1.807) is 0 Å². The van der Waals surface area contributed by atoms with Crippen LogP contribution in [0.25, 0.3) is 33.4 Å². The van der Waals surface area contributed by atoms with Crippen LogP contribution >= 0.6 is 0 Å². The number of aromatic nitrogens is 7. The second kappa shape index (κ2) is 14.3. The average molecular weight is 716 g/mol. The summed E-state index contributed by atoms with van der Waals surface area (Å²) in [5.41, 5.74) is 3.62. The average Bonchev–Trinajstić information content (AvgIpc) is 3.82. The zero-order valence-electron chi connectivity index (χ0n) is 31.2. The molecule has 7 rings (SSSR count). The highest BCUT2D eigenvalue weighted by Gasteiger charge is 2.46. The van der Waals surface area contributed by atoms with Crippen molar-refractivity contribution in [2.45, 2.75) is 128 Å². The van der Waals surface area contributed by atoms with Gasteiger partial charge in [-0.1, -0.05) is 19.6 Å². The van der Waals surface area contributed by atoms with Gasteiger partial charge in [-0.2, -0.15) is 10.2 Å². The van der Waals surface area contributed by atoms with Crippen LogP contribution in [0.1, 0.15) is 71.9 Å². The molecule has 4 aromatic rings. The SMILES string of the molecule is CN(c1ccc(-c2ncc(-c3cnn(C4CCCCO4)c3)c3cnn(COCC[Si](C)(C)C)c23)nn1)C1C[C@H]2CC[C@@H](C1)N2C(=O)OC(C)(C)C. The second-order valence-electron chi connectivity index (χ2n) is 16.6. The fourth-order valence-electron chi connectivity index (χ4n) is 7.61. The molecule has 0 saturated carbocycles. The van der Waals surface area contributed by atoms with E-state index in [4.69, 9.17) is 34.5 Å². The van der Waals surface area contributed by atoms with Gasteiger partial charge in [-0.25, -0.2) is 14.2 Å². The van der Waals surface area contributed by atoms with E-state index >= 15 is 0 Å². The fourth-order valence-corrected chi connectivity index (χ4v) is 8.36. The van der Waals surface area contributed by atoms with Crippen molar-refractivity contribution in [1.29, 1.82) is 0 Å². The minimum absolute atomic E-state index is 0.0442. The molecule has 2 unspecified atom stereocenters. The quantitative estimate of drug-likeness (QED) is 0.124. The minimum Gasteiger partial charge on any atom is -0.444 e. The summed E-state index contributed by atoms with van der Waals surface area (Å²) in [5, 5.41) is 19.8. The van der Waals surface area contributed by atoms with Crippen molar-refractivity contribution >= 4 is 30.9 Å². The summed E-state index contributed by atoms with van der Waals surface area (Å²) in [6.07, 6.45) is 14.4. The Morgan fingerprint density at radius 1 is 1.02 bits per heavy atom. The van der Waals surface area contributed by atoms with Gasteiger partial charge >= 0.3 is 6.09 Å². The first-order valence-electron chi connectivity index (χ1n) is 18.5. The summed E-state index contributed by atoms with van der Waals surface area (Å²) >= 11 is 0. The Morgan fingerprint density at radius 2 is 1.80 bits per heavy atom. The van der Waals surface area contributed by atoms with Crippen LogP contribution in [-0.2, 0) is 20.9 Å². The van der Waals surface area contributed by atoms with Crippen LogP contribution in [0.5, 0.6) is 0 Å². The summed E-state index contributed by atoms with van der Waals surface area (Å²) in [4.78, 5) is 22.2. The molecule has 4 atom stereocenters. The summed E-state index contributed by atoms with van der Waals surface area (Å²) in [6, 6.07) is 5.68. The Bertz CT molecular complexity index is 1810. The van der Waals surface area contributed by atoms with E-state index in [2.05, 4.69) is 36.7 Å². The van der Waals surface area contributed by atoms with Gasteiger partial charge in [0.15, 0.2) is 5.82 Å². The van der Waals surface area contributed by atoms with Crippen molar-refractivity contribution in [3.8, 4) is 22.5 Å². The standard InChI is InChI=1S/C37H53N9O4Si/c1-37(2,3)50-36(47)46-26-11-12-27(46)19-28(18-26)43(4)32-14-13-31(41-42-32)34-35-30(22-40-45(35)24-48-16-17-51(5,6)7)29(21-38-34)25-20-39-44(23-25)33-10-8-9-15-49-33/h13-14,20-23,26-28,33H,8-12,15-19,24H2,1-7H3/t26-,27+,28?,33?. The molecule has 13 nitrogen and oxygen atoms in total. The molecule has 0 spiro atoms. The fraction of sp³-hybridized carbons (Fsp3) is 0.622. The number of piperidine rings is 1. The number of hydrogen-bond acceptors (Lipinski definition) is 10. The molecule has 274 valence electrons. The molecule has 2 bridgehead atoms. The third-order valence-corrected chi connectivity index (χ3v) is 12.1. The van der Waals surface area contributed by atoms with Crippen LogP contribution in [0.4, 0.5) is 10.6 Å². The number of hydrogen-bond donors (Lipinski definition) is 0. The molecule has 3 saturated heterocycles. The predicted octanol–water partition coefficient (Wildman–Crippen LogP) is 7.13. The van der Waals surface area contributed by atoms with Gasteiger partial charge in [-0.3, -0.25) is 4.98 Å². The monoisotopic (exact) mass is 715 g/mol. The number of carbonyl (C=O) groups excluding carboxylic acids is 1. The van der Waals surface area contributed by atoms with Crippen molar-refractivity contribution in [2.24, 2.45) is 0 Å². The number of ether oxygens (including phenoxy) is 3. The predicted molar refractivity (Wildman–Crippen MR) is 199 cm³/mol. The molecule has 51 heavy (non-hydrogen) atoms. The lowest BCUT2D eigenvalue weighted by atomic mass is 9.96. The molecule has 0 aliphatic carbocycles. The van der Waals surface area contributed by atoms with E-state index in [-0.39, 0.29) is 30.4 Å². The maximum Gasteiger partial charge on any atom is 0.410 e. The van der Waals surface area contributed by atoms with E-state index in [9.17, 15) is 4.79 Å². The lowest BCUT2D eigenvalue weighted by molar-refractivity contribution is -0.0394. The molecule has 3 aliphatic rings. The van der Waals surface area contributed by atoms with Crippen molar-refractivity contribution in [1.82, 2.24) is 39.6 Å². The Morgan fingerprint density at radius 3 is 2.47 bits per heavy atom. The summed E-state index contributed by atoms with van der Waals surface area (Å²) in [7, 11) is 0.834. The lowest BCUT2D eigenvalue weighted by Gasteiger charge is -2.42. The molecule has 4 aromatic heterocycles. The maximum atomic E-state index is 13.0. The highest BCUT2D eigenvalue weighted by Crippen LogP contribution is 2.40. The molecule has 3 fully saturated rings. The van der Waals surface area contributed by atoms with E-state index in [0.29, 0.717) is 24.7 Å². The number of pyridine rings is 1. The third kappa shape index (κ3) is 7.82. The Labute approximate surface area is 301 Å². The van der Waals surface area contributed by atoms with Crippen LogP contribution in [0.15, 0.2) is 36.9 Å². The van der Waals surface area contributed by atoms with Crippen LogP contribution in [-0.4, -0.2) is 97.8 Å². The minimum atomic E-state index is -1.24. The van der Waals surface area contributed by atoms with E-state index in [0.717, 1.165) is 85.4 Å². The van der Waals surface area contributed by atoms with Gasteiger partial charge in [0, 0.05) is 75.4 Å². The molecular weight excluding hydrogens is 663 g/mol. The number of rotatable bonds is 10. The maximum absolute atomic E-state index is 13.0. The molecule has 0 N–H and O–H groups in total. The van der Waals surface area contributed by atoms with E-state index in [1.807, 2.05) is 72.0 Å². The number of fused-ring (bicyclic) bond motifs is 3. The highest BCUT2D eigenvalue weighted by molar-refractivity contribution is 6.76. The van der Waals surface area contributed by atoms with Gasteiger partial charge in [0.05, 0.1) is 17.9 Å². The first-order valence-corrected chi connectivity index (χ1v) is 22.2. The topological polar surface area (TPSA) is 126 Å². The van der Waals surface area contributed by atoms with Crippen molar-refractivity contribution in [3.05, 3.63) is 36.9 Å². The summed E-state index contributed by atoms with van der Waals surface area (Å²) < 4.78 is 21.7. The molecular formula is C37H53N9O4Si. The molecule has 1 amide bonds. The van der Waals surface area contributed by atoms with Crippen molar-refractivity contribution in [2.75, 3.05) is 25.2 Å². The van der Waals surface area contributed by atoms with Crippen LogP contribution in [0.2, 0.25) is 25.7 Å². The zero-order valence-corrected chi connectivity index (χ0v) is 32.2. The van der Waals surface area contributed by atoms with Crippen LogP contribution < -0.4 is 4.90 Å². The molecule has 0 aromatic carbocycles. The van der Waals surface area contributed by atoms with Gasteiger partial charge < -0.3 is 24.0 Å². The molecule has 3 aliphatic heterocycles. The largest absolute Gasteiger partial charge is 0.444 e. The number of anilines is 1. The van der Waals surface area contributed by atoms with Gasteiger partial charge in [0.2, 0.25) is 0 Å². The van der Waals surface area contributed by atoms with Gasteiger partial charge in [0.25, 0.3) is 0 Å². The van der Waals surface area contributed by atoms with E-state index in [1.165, 1.54) is 0 Å². The number of amides is 1. The van der Waals surface area contributed by atoms with Crippen LogP contribution in [0, 0.1) is 0 Å². The van der Waals surface area contributed by atoms with Gasteiger partial charge in [-0.05, 0) is 83.9 Å². The van der Waals surface area contributed by atoms with Gasteiger partial charge in [-0.15, -0.1) is 10.2 Å². The van der Waals surface area contributed by atoms with Gasteiger partial charge in [0.1, 0.15) is 29.9 Å². The first-order chi connectivity index (χ1) is 24.3. The number of carbonyl (C=O) groups is 1. The van der Waals surface area contributed by atoms with Crippen molar-refractivity contribution in [3.63, 3.8) is 0 Å². The Balaban J connectivity index is 1.13. The lowest BCUT2D eigenvalue weighted by Crippen LogP contribution is -2.53. The van der Waals surface area contributed by atoms with E-state index < -0.39 is 13.7 Å². The second-order valence-corrected chi connectivity index (χ2v) is 22.2. The third-order valence-electron chi connectivity index (χ3n) is 10.4. The molecule has 14 heteroatoms. The smallest absolute Gasteiger partial charge is 0.410 e. The van der Waals surface area contributed by atoms with Crippen molar-refractivity contribution < 1.29 is 19.0 Å². The Hall–Kier alpha value is -3.88. The normalized spacial score (nSPS) is 22.5. The molecule has 7 heterocycles. The van der Waals surface area contributed by atoms with Crippen LogP contribution in [0.3, 0.4) is 0 Å². The summed E-state index contributed by atoms with van der Waals surface area (Å²) in [5.74, 6) is 0.794. The highest BCUT2D eigenvalue weighted by atomic mass is 28.3. The first kappa shape index (κ1) is 35.5.